The van der Waals surface area contributed by atoms with Gasteiger partial charge in [-0.15, -0.1) is 0 Å². The minimum Gasteiger partial charge on any atom is -0.330 e. The number of aromatic nitrogens is 2. The summed E-state index contributed by atoms with van der Waals surface area (Å²) in [7, 11) is 0. The largest absolute Gasteiger partial charge is 0.330 e. The van der Waals surface area contributed by atoms with Crippen molar-refractivity contribution in [1.29, 1.82) is 0 Å². The van der Waals surface area contributed by atoms with Crippen molar-refractivity contribution in [2.24, 2.45) is 0 Å². The molecule has 0 saturated heterocycles. The third-order valence-electron chi connectivity index (χ3n) is 1.72. The zero-order valence-electron chi connectivity index (χ0n) is 7.50. The van der Waals surface area contributed by atoms with Gasteiger partial charge >= 0.3 is 0 Å². The Morgan fingerprint density at radius 2 is 2.46 bits per heavy atom. The molecule has 1 aromatic rings. The van der Waals surface area contributed by atoms with Gasteiger partial charge in [0.25, 0.3) is 0 Å². The Labute approximate surface area is 88.2 Å². The number of nitrogens with zero attached hydrogens (tertiary/aromatic N) is 2. The Morgan fingerprint density at radius 1 is 1.69 bits per heavy atom. The van der Waals surface area contributed by atoms with Gasteiger partial charge in [0.1, 0.15) is 5.82 Å². The van der Waals surface area contributed by atoms with Crippen LogP contribution in [-0.4, -0.2) is 9.55 Å². The Bertz CT molecular complexity index is 292. The first kappa shape index (κ1) is 10.6. The third kappa shape index (κ3) is 3.05. The molecule has 0 radical (unpaired) electrons. The highest BCUT2D eigenvalue weighted by Gasteiger charge is 2.01. The summed E-state index contributed by atoms with van der Waals surface area (Å²) < 4.78 is 2.00. The molecule has 72 valence electrons. The van der Waals surface area contributed by atoms with Gasteiger partial charge in [0, 0.05) is 29.4 Å². The van der Waals surface area contributed by atoms with E-state index >= 15 is 0 Å². The van der Waals surface area contributed by atoms with E-state index in [2.05, 4.69) is 11.9 Å². The Hall–Kier alpha value is -0.470. The Balaban J connectivity index is 2.70. The summed E-state index contributed by atoms with van der Waals surface area (Å²) >= 11 is 11.3. The molecule has 13 heavy (non-hydrogen) atoms. The average Bonchev–Trinajstić information content (AvgIpc) is 2.54. The van der Waals surface area contributed by atoms with Crippen LogP contribution in [0, 0.1) is 0 Å². The molecular formula is C9H12Cl2N2. The Kier molecular flexibility index (Phi) is 4.33. The molecule has 1 rings (SSSR count). The second-order valence-electron chi connectivity index (χ2n) is 2.78. The number of allylic oxidation sites excluding steroid dienone is 1. The first-order valence-electron chi connectivity index (χ1n) is 4.22. The van der Waals surface area contributed by atoms with Gasteiger partial charge in [0.2, 0.25) is 0 Å². The third-order valence-corrected chi connectivity index (χ3v) is 2.32. The summed E-state index contributed by atoms with van der Waals surface area (Å²) in [5.74, 6) is 1.05. The minimum absolute atomic E-state index is 0.611. The molecule has 0 amide bonds. The standard InChI is InChI=1S/C9H12Cl2N2/c1-2-3-9-12-4-5-13(9)7-8(11)6-10/h4-6H,2-3,7H2,1H3. The normalized spacial score (nSPS) is 12.1. The smallest absolute Gasteiger partial charge is 0.108 e. The molecule has 0 aliphatic heterocycles. The fourth-order valence-electron chi connectivity index (χ4n) is 1.13. The van der Waals surface area contributed by atoms with Gasteiger partial charge < -0.3 is 4.57 Å². The van der Waals surface area contributed by atoms with Gasteiger partial charge in [-0.25, -0.2) is 4.98 Å². The van der Waals surface area contributed by atoms with Crippen molar-refractivity contribution in [2.45, 2.75) is 26.3 Å². The molecule has 0 aromatic carbocycles. The lowest BCUT2D eigenvalue weighted by Crippen LogP contribution is -2.02. The maximum atomic E-state index is 5.81. The van der Waals surface area contributed by atoms with Gasteiger partial charge in [-0.1, -0.05) is 30.1 Å². The first-order chi connectivity index (χ1) is 6.27. The fourth-order valence-corrected chi connectivity index (χ4v) is 1.33. The molecule has 0 atom stereocenters. The zero-order chi connectivity index (χ0) is 9.68. The van der Waals surface area contributed by atoms with E-state index in [9.17, 15) is 0 Å². The SMILES string of the molecule is CCCc1nccn1CC(Cl)=CCl. The number of hydrogen-bond acceptors (Lipinski definition) is 1. The van der Waals surface area contributed by atoms with Crippen molar-refractivity contribution < 1.29 is 0 Å². The van der Waals surface area contributed by atoms with Crippen LogP contribution in [0.2, 0.25) is 0 Å². The molecular weight excluding hydrogens is 207 g/mol. The van der Waals surface area contributed by atoms with E-state index in [1.54, 1.807) is 6.20 Å². The first-order valence-corrected chi connectivity index (χ1v) is 5.04. The number of aryl methyl sites for hydroxylation is 1. The van der Waals surface area contributed by atoms with Crippen molar-refractivity contribution in [2.75, 3.05) is 0 Å². The number of hydrogen-bond donors (Lipinski definition) is 0. The second kappa shape index (κ2) is 5.30. The van der Waals surface area contributed by atoms with Crippen molar-refractivity contribution in [1.82, 2.24) is 9.55 Å². The van der Waals surface area contributed by atoms with Crippen LogP contribution in [0.25, 0.3) is 0 Å². The topological polar surface area (TPSA) is 17.8 Å². The van der Waals surface area contributed by atoms with Crippen LogP contribution < -0.4 is 0 Å². The lowest BCUT2D eigenvalue weighted by Gasteiger charge is -2.04. The van der Waals surface area contributed by atoms with Gasteiger partial charge in [-0.2, -0.15) is 0 Å². The van der Waals surface area contributed by atoms with Crippen LogP contribution in [0.1, 0.15) is 19.2 Å². The lowest BCUT2D eigenvalue weighted by molar-refractivity contribution is 0.711. The minimum atomic E-state index is 0.611. The summed E-state index contributed by atoms with van der Waals surface area (Å²) in [5, 5.41) is 0.622. The molecule has 0 unspecified atom stereocenters. The van der Waals surface area contributed by atoms with Crippen molar-refractivity contribution in [3.8, 4) is 0 Å². The van der Waals surface area contributed by atoms with Gasteiger partial charge in [0.05, 0.1) is 6.54 Å². The molecule has 4 heteroatoms. The number of rotatable bonds is 4. The van der Waals surface area contributed by atoms with E-state index in [1.165, 1.54) is 5.54 Å². The van der Waals surface area contributed by atoms with Crippen molar-refractivity contribution in [3.63, 3.8) is 0 Å². The molecule has 0 aliphatic rings. The van der Waals surface area contributed by atoms with Gasteiger partial charge in [0.15, 0.2) is 0 Å². The van der Waals surface area contributed by atoms with E-state index in [-0.39, 0.29) is 0 Å². The molecule has 0 N–H and O–H groups in total. The quantitative estimate of drug-likeness (QED) is 0.760. The van der Waals surface area contributed by atoms with Crippen molar-refractivity contribution >= 4 is 23.2 Å². The molecule has 0 spiro atoms. The Morgan fingerprint density at radius 3 is 3.08 bits per heavy atom. The predicted molar refractivity (Wildman–Crippen MR) is 56.0 cm³/mol. The van der Waals surface area contributed by atoms with Crippen LogP contribution in [0.15, 0.2) is 23.0 Å². The molecule has 0 aliphatic carbocycles. The monoisotopic (exact) mass is 218 g/mol. The molecule has 1 aromatic heterocycles. The summed E-state index contributed by atoms with van der Waals surface area (Å²) in [6.07, 6.45) is 5.75. The lowest BCUT2D eigenvalue weighted by atomic mass is 10.3. The summed E-state index contributed by atoms with van der Waals surface area (Å²) in [4.78, 5) is 4.23. The second-order valence-corrected chi connectivity index (χ2v) is 3.48. The van der Waals surface area contributed by atoms with E-state index in [0.29, 0.717) is 11.6 Å². The van der Waals surface area contributed by atoms with Crippen molar-refractivity contribution in [3.05, 3.63) is 28.8 Å². The van der Waals surface area contributed by atoms with E-state index in [0.717, 1.165) is 18.7 Å². The predicted octanol–water partition coefficient (Wildman–Crippen LogP) is 3.15. The highest BCUT2D eigenvalue weighted by molar-refractivity contribution is 6.36. The summed E-state index contributed by atoms with van der Waals surface area (Å²) in [6, 6.07) is 0. The van der Waals surface area contributed by atoms with E-state index in [4.69, 9.17) is 23.2 Å². The highest BCUT2D eigenvalue weighted by atomic mass is 35.5. The summed E-state index contributed by atoms with van der Waals surface area (Å²) in [6.45, 7) is 2.73. The maximum absolute atomic E-state index is 5.81. The molecule has 0 saturated carbocycles. The zero-order valence-corrected chi connectivity index (χ0v) is 9.02. The van der Waals surface area contributed by atoms with Crippen LogP contribution >= 0.6 is 23.2 Å². The van der Waals surface area contributed by atoms with Crippen LogP contribution in [0.4, 0.5) is 0 Å². The summed E-state index contributed by atoms with van der Waals surface area (Å²) in [5.41, 5.74) is 1.39. The van der Waals surface area contributed by atoms with Gasteiger partial charge in [-0.05, 0) is 6.42 Å². The van der Waals surface area contributed by atoms with Crippen LogP contribution in [-0.2, 0) is 13.0 Å². The van der Waals surface area contributed by atoms with E-state index in [1.807, 2.05) is 10.8 Å². The number of imidazole rings is 1. The molecule has 0 bridgehead atoms. The number of halogens is 2. The van der Waals surface area contributed by atoms with Crippen LogP contribution in [0.3, 0.4) is 0 Å². The maximum Gasteiger partial charge on any atom is 0.108 e. The fraction of sp³-hybridized carbons (Fsp3) is 0.444. The van der Waals surface area contributed by atoms with Crippen LogP contribution in [0.5, 0.6) is 0 Å². The highest BCUT2D eigenvalue weighted by Crippen LogP contribution is 2.10. The molecule has 1 heterocycles. The van der Waals surface area contributed by atoms with Gasteiger partial charge in [-0.3, -0.25) is 0 Å². The molecule has 0 fully saturated rings. The molecule has 2 nitrogen and oxygen atoms in total. The van der Waals surface area contributed by atoms with E-state index < -0.39 is 0 Å². The average molecular weight is 219 g/mol.